The highest BCUT2D eigenvalue weighted by molar-refractivity contribution is 7.98. The van der Waals surface area contributed by atoms with Crippen molar-refractivity contribution in [3.05, 3.63) is 71.5 Å². The molecule has 3 rings (SSSR count). The molecule has 2 aromatic carbocycles. The minimum absolute atomic E-state index is 0.181. The summed E-state index contributed by atoms with van der Waals surface area (Å²) in [4.78, 5) is 12.8. The summed E-state index contributed by atoms with van der Waals surface area (Å²) in [6.07, 6.45) is 0.383. The smallest absolute Gasteiger partial charge is 0.232 e. The topological polar surface area (TPSA) is 97.0 Å². The number of nitrogens with one attached hydrogen (secondary N) is 1. The summed E-state index contributed by atoms with van der Waals surface area (Å²) in [5.41, 5.74) is 8.89. The van der Waals surface area contributed by atoms with Crippen LogP contribution in [0.25, 0.3) is 0 Å². The van der Waals surface area contributed by atoms with Gasteiger partial charge in [-0.1, -0.05) is 55.5 Å². The molecular weight excluding hydrogens is 358 g/mol. The molecule has 0 spiro atoms. The molecule has 4 N–H and O–H groups in total. The first-order valence-electron chi connectivity index (χ1n) is 8.82. The lowest BCUT2D eigenvalue weighted by molar-refractivity contribution is 0.204. The molecule has 1 heterocycles. The second kappa shape index (κ2) is 9.34. The van der Waals surface area contributed by atoms with Crippen LogP contribution in [-0.2, 0) is 12.2 Å². The Morgan fingerprint density at radius 3 is 2.56 bits per heavy atom. The number of rotatable bonds is 8. The van der Waals surface area contributed by atoms with Crippen LogP contribution >= 0.6 is 11.8 Å². The number of aryl methyl sites for hydroxylation is 1. The summed E-state index contributed by atoms with van der Waals surface area (Å²) in [5, 5.41) is 13.5. The number of nitrogens with two attached hydrogens (primary N) is 1. The zero-order chi connectivity index (χ0) is 19.1. The molecule has 1 aromatic heterocycles. The van der Waals surface area contributed by atoms with Crippen molar-refractivity contribution in [2.24, 2.45) is 0 Å². The molecule has 1 atom stereocenters. The lowest BCUT2D eigenvalue weighted by Crippen LogP contribution is -2.08. The summed E-state index contributed by atoms with van der Waals surface area (Å²) in [6.45, 7) is 2.10. The molecule has 27 heavy (non-hydrogen) atoms. The van der Waals surface area contributed by atoms with E-state index in [2.05, 4.69) is 33.3 Å². The van der Waals surface area contributed by atoms with Gasteiger partial charge in [0.25, 0.3) is 0 Å². The van der Waals surface area contributed by atoms with E-state index >= 15 is 0 Å². The lowest BCUT2D eigenvalue weighted by atomic mass is 10.1. The summed E-state index contributed by atoms with van der Waals surface area (Å²) < 4.78 is 0. The van der Waals surface area contributed by atoms with Gasteiger partial charge in [-0.3, -0.25) is 0 Å². The fourth-order valence-corrected chi connectivity index (χ4v) is 3.51. The van der Waals surface area contributed by atoms with Gasteiger partial charge in [-0.25, -0.2) is 0 Å². The monoisotopic (exact) mass is 381 g/mol. The normalized spacial score (nSPS) is 11.9. The number of thioether (sulfide) groups is 1. The van der Waals surface area contributed by atoms with Crippen molar-refractivity contribution in [3.8, 4) is 0 Å². The van der Waals surface area contributed by atoms with Crippen LogP contribution in [-0.4, -0.2) is 25.8 Å². The third kappa shape index (κ3) is 5.42. The third-order valence-electron chi connectivity index (χ3n) is 4.03. The molecule has 0 fully saturated rings. The van der Waals surface area contributed by atoms with Crippen molar-refractivity contribution in [1.29, 1.82) is 0 Å². The number of nitrogens with zero attached hydrogens (tertiary/aromatic N) is 3. The van der Waals surface area contributed by atoms with Gasteiger partial charge in [0.1, 0.15) is 5.82 Å². The first kappa shape index (κ1) is 19.1. The first-order valence-corrected chi connectivity index (χ1v) is 9.97. The van der Waals surface area contributed by atoms with Crippen molar-refractivity contribution < 1.29 is 5.11 Å². The molecule has 3 aromatic rings. The van der Waals surface area contributed by atoms with Gasteiger partial charge in [0, 0.05) is 11.4 Å². The number of hydrogen-bond acceptors (Lipinski definition) is 7. The predicted octanol–water partition coefficient (Wildman–Crippen LogP) is 3.73. The molecule has 0 aliphatic carbocycles. The molecule has 0 aliphatic heterocycles. The van der Waals surface area contributed by atoms with E-state index in [1.165, 1.54) is 5.56 Å². The zero-order valence-corrected chi connectivity index (χ0v) is 16.0. The quantitative estimate of drug-likeness (QED) is 0.547. The van der Waals surface area contributed by atoms with Gasteiger partial charge >= 0.3 is 0 Å². The van der Waals surface area contributed by atoms with Gasteiger partial charge < -0.3 is 16.2 Å². The number of aliphatic hydroxyl groups excluding tert-OH is 1. The Balaban J connectivity index is 1.63. The Labute approximate surface area is 163 Å². The van der Waals surface area contributed by atoms with E-state index in [-0.39, 0.29) is 5.95 Å². The molecular formula is C20H23N5OS. The molecule has 6 nitrogen and oxygen atoms in total. The second-order valence-electron chi connectivity index (χ2n) is 6.01. The predicted molar refractivity (Wildman–Crippen MR) is 111 cm³/mol. The van der Waals surface area contributed by atoms with Crippen molar-refractivity contribution in [2.45, 2.75) is 25.2 Å². The second-order valence-corrected chi connectivity index (χ2v) is 7.04. The third-order valence-corrected chi connectivity index (χ3v) is 5.05. The Hall–Kier alpha value is -2.64. The summed E-state index contributed by atoms with van der Waals surface area (Å²) in [6, 6.07) is 17.6. The standard InChI is InChI=1S/C20H23N5OS/c1-2-14-8-6-7-11-16(14)22-20-24-18(23-19(21)25-20)13-27-12-17(26)15-9-4-3-5-10-15/h3-11,17,26H,2,12-13H2,1H3,(H3,21,22,23,24,25). The number of aliphatic hydroxyl groups is 1. The molecule has 0 bridgehead atoms. The maximum atomic E-state index is 10.2. The van der Waals surface area contributed by atoms with Gasteiger partial charge in [0.05, 0.1) is 11.9 Å². The van der Waals surface area contributed by atoms with Crippen LogP contribution in [0.1, 0.15) is 30.0 Å². The summed E-state index contributed by atoms with van der Waals surface area (Å²) in [7, 11) is 0. The van der Waals surface area contributed by atoms with Crippen LogP contribution in [0.2, 0.25) is 0 Å². The van der Waals surface area contributed by atoms with E-state index in [0.717, 1.165) is 17.7 Å². The van der Waals surface area contributed by atoms with Gasteiger partial charge in [-0.15, -0.1) is 0 Å². The zero-order valence-electron chi connectivity index (χ0n) is 15.2. The number of benzene rings is 2. The van der Waals surface area contributed by atoms with Crippen LogP contribution in [0.4, 0.5) is 17.6 Å². The minimum Gasteiger partial charge on any atom is -0.388 e. The highest BCUT2D eigenvalue weighted by atomic mass is 32.2. The average molecular weight is 382 g/mol. The van der Waals surface area contributed by atoms with E-state index < -0.39 is 6.10 Å². The maximum absolute atomic E-state index is 10.2. The van der Waals surface area contributed by atoms with Crippen molar-refractivity contribution in [3.63, 3.8) is 0 Å². The van der Waals surface area contributed by atoms with Gasteiger partial charge in [-0.2, -0.15) is 26.7 Å². The molecule has 140 valence electrons. The maximum Gasteiger partial charge on any atom is 0.232 e. The van der Waals surface area contributed by atoms with Crippen LogP contribution in [0.15, 0.2) is 54.6 Å². The number of para-hydroxylation sites is 1. The Morgan fingerprint density at radius 2 is 1.78 bits per heavy atom. The number of nitrogen functional groups attached to an aromatic ring is 1. The highest BCUT2D eigenvalue weighted by Crippen LogP contribution is 2.22. The van der Waals surface area contributed by atoms with Gasteiger partial charge in [-0.05, 0) is 23.6 Å². The van der Waals surface area contributed by atoms with Crippen LogP contribution in [0, 0.1) is 0 Å². The molecule has 0 amide bonds. The molecule has 0 aliphatic rings. The van der Waals surface area contributed by atoms with Crippen LogP contribution in [0.5, 0.6) is 0 Å². The van der Waals surface area contributed by atoms with Gasteiger partial charge in [0.2, 0.25) is 11.9 Å². The lowest BCUT2D eigenvalue weighted by Gasteiger charge is -2.12. The van der Waals surface area contributed by atoms with Crippen molar-refractivity contribution in [1.82, 2.24) is 15.0 Å². The highest BCUT2D eigenvalue weighted by Gasteiger charge is 2.10. The Bertz CT molecular complexity index is 875. The fraction of sp³-hybridized carbons (Fsp3) is 0.250. The van der Waals surface area contributed by atoms with E-state index in [1.807, 2.05) is 48.5 Å². The molecule has 0 radical (unpaired) electrons. The van der Waals surface area contributed by atoms with Crippen molar-refractivity contribution >= 4 is 29.3 Å². The number of aromatic nitrogens is 3. The SMILES string of the molecule is CCc1ccccc1Nc1nc(N)nc(CSCC(O)c2ccccc2)n1. The molecule has 7 heteroatoms. The molecule has 0 saturated carbocycles. The van der Waals surface area contributed by atoms with E-state index in [9.17, 15) is 5.11 Å². The van der Waals surface area contributed by atoms with E-state index in [0.29, 0.717) is 23.3 Å². The fourth-order valence-electron chi connectivity index (χ4n) is 2.66. The molecule has 0 saturated heterocycles. The van der Waals surface area contributed by atoms with Crippen LogP contribution < -0.4 is 11.1 Å². The molecule has 1 unspecified atom stereocenters. The average Bonchev–Trinajstić information content (AvgIpc) is 2.68. The minimum atomic E-state index is -0.524. The number of hydrogen-bond donors (Lipinski definition) is 3. The first-order chi connectivity index (χ1) is 13.2. The largest absolute Gasteiger partial charge is 0.388 e. The van der Waals surface area contributed by atoms with Crippen LogP contribution in [0.3, 0.4) is 0 Å². The summed E-state index contributed by atoms with van der Waals surface area (Å²) in [5.74, 6) is 2.30. The van der Waals surface area contributed by atoms with E-state index in [1.54, 1.807) is 11.8 Å². The Morgan fingerprint density at radius 1 is 1.04 bits per heavy atom. The van der Waals surface area contributed by atoms with E-state index in [4.69, 9.17) is 5.73 Å². The number of anilines is 3. The van der Waals surface area contributed by atoms with Gasteiger partial charge in [0.15, 0.2) is 0 Å². The van der Waals surface area contributed by atoms with Crippen molar-refractivity contribution in [2.75, 3.05) is 16.8 Å². The Kier molecular flexibility index (Phi) is 6.62. The summed E-state index contributed by atoms with van der Waals surface area (Å²) >= 11 is 1.55.